The molecule has 1 aromatic rings. The standard InChI is InChI=1S/C18H19ClO5/c1-9-5-10(20)6-14(24-4)18(9)8-11-15(17(18)21)12(22-2)7-13(23-3)16(11)19/h6-7,9H,5,8H2,1-4H3/t9-,18-/m1/s1. The van der Waals surface area contributed by atoms with Gasteiger partial charge in [-0.15, -0.1) is 0 Å². The van der Waals surface area contributed by atoms with Gasteiger partial charge in [0.2, 0.25) is 0 Å². The zero-order valence-corrected chi connectivity index (χ0v) is 14.8. The van der Waals surface area contributed by atoms with E-state index in [1.54, 1.807) is 6.07 Å². The Kier molecular flexibility index (Phi) is 4.08. The van der Waals surface area contributed by atoms with Crippen LogP contribution in [0.4, 0.5) is 0 Å². The molecule has 3 rings (SSSR count). The predicted octanol–water partition coefficient (Wildman–Crippen LogP) is 3.22. The Morgan fingerprint density at radius 1 is 1.12 bits per heavy atom. The molecule has 0 saturated carbocycles. The van der Waals surface area contributed by atoms with Crippen LogP contribution in [0.1, 0.15) is 29.3 Å². The Morgan fingerprint density at radius 3 is 2.38 bits per heavy atom. The first-order valence-electron chi connectivity index (χ1n) is 7.67. The molecule has 128 valence electrons. The largest absolute Gasteiger partial charge is 0.500 e. The molecule has 6 heteroatoms. The number of carbonyl (C=O) groups excluding carboxylic acids is 2. The minimum atomic E-state index is -0.922. The van der Waals surface area contributed by atoms with E-state index in [1.165, 1.54) is 27.4 Å². The SMILES string of the molecule is COC1=CC(=O)C[C@@H](C)[C@]12Cc1c(Cl)c(OC)cc(OC)c1C2=O. The van der Waals surface area contributed by atoms with E-state index in [2.05, 4.69) is 0 Å². The van der Waals surface area contributed by atoms with E-state index >= 15 is 0 Å². The number of carbonyl (C=O) groups is 2. The van der Waals surface area contributed by atoms with Crippen molar-refractivity contribution in [2.45, 2.75) is 19.8 Å². The molecule has 2 atom stereocenters. The van der Waals surface area contributed by atoms with Crippen LogP contribution in [0.3, 0.4) is 0 Å². The van der Waals surface area contributed by atoms with E-state index in [0.717, 1.165) is 0 Å². The van der Waals surface area contributed by atoms with Crippen LogP contribution in [0.2, 0.25) is 5.02 Å². The topological polar surface area (TPSA) is 61.8 Å². The summed E-state index contributed by atoms with van der Waals surface area (Å²) in [5, 5.41) is 0.401. The lowest BCUT2D eigenvalue weighted by molar-refractivity contribution is -0.117. The highest BCUT2D eigenvalue weighted by atomic mass is 35.5. The maximum atomic E-state index is 13.4. The van der Waals surface area contributed by atoms with Crippen LogP contribution in [-0.2, 0) is 16.0 Å². The number of fused-ring (bicyclic) bond motifs is 1. The number of halogens is 1. The van der Waals surface area contributed by atoms with Crippen molar-refractivity contribution in [1.29, 1.82) is 0 Å². The van der Waals surface area contributed by atoms with Gasteiger partial charge in [-0.05, 0) is 17.9 Å². The Bertz CT molecular complexity index is 767. The van der Waals surface area contributed by atoms with E-state index in [1.807, 2.05) is 6.92 Å². The van der Waals surface area contributed by atoms with Crippen LogP contribution in [0, 0.1) is 11.3 Å². The fourth-order valence-electron chi connectivity index (χ4n) is 3.86. The van der Waals surface area contributed by atoms with Gasteiger partial charge in [0.05, 0.1) is 37.3 Å². The highest BCUT2D eigenvalue weighted by Crippen LogP contribution is 2.55. The van der Waals surface area contributed by atoms with Gasteiger partial charge in [0.15, 0.2) is 11.6 Å². The van der Waals surface area contributed by atoms with Crippen LogP contribution in [0.15, 0.2) is 17.9 Å². The summed E-state index contributed by atoms with van der Waals surface area (Å²) in [5.74, 6) is 0.921. The monoisotopic (exact) mass is 350 g/mol. The van der Waals surface area contributed by atoms with Crippen molar-refractivity contribution in [1.82, 2.24) is 0 Å². The Morgan fingerprint density at radius 2 is 1.79 bits per heavy atom. The highest BCUT2D eigenvalue weighted by molar-refractivity contribution is 6.34. The number of benzene rings is 1. The third-order valence-electron chi connectivity index (χ3n) is 5.12. The van der Waals surface area contributed by atoms with Crippen molar-refractivity contribution in [2.24, 2.45) is 11.3 Å². The van der Waals surface area contributed by atoms with Crippen LogP contribution in [0.25, 0.3) is 0 Å². The summed E-state index contributed by atoms with van der Waals surface area (Å²) in [7, 11) is 4.50. The van der Waals surface area contributed by atoms with Gasteiger partial charge in [-0.3, -0.25) is 9.59 Å². The molecule has 0 N–H and O–H groups in total. The number of Topliss-reactive ketones (excluding diaryl/α,β-unsaturated/α-hetero) is 1. The molecule has 24 heavy (non-hydrogen) atoms. The second-order valence-electron chi connectivity index (χ2n) is 6.21. The summed E-state index contributed by atoms with van der Waals surface area (Å²) in [4.78, 5) is 25.3. The van der Waals surface area contributed by atoms with Crippen molar-refractivity contribution in [3.63, 3.8) is 0 Å². The maximum absolute atomic E-state index is 13.4. The van der Waals surface area contributed by atoms with Crippen LogP contribution >= 0.6 is 11.6 Å². The molecule has 0 aliphatic heterocycles. The van der Waals surface area contributed by atoms with E-state index in [9.17, 15) is 9.59 Å². The van der Waals surface area contributed by atoms with Gasteiger partial charge in [-0.1, -0.05) is 18.5 Å². The lowest BCUT2D eigenvalue weighted by Gasteiger charge is -2.37. The van der Waals surface area contributed by atoms with Gasteiger partial charge in [-0.2, -0.15) is 0 Å². The second kappa shape index (κ2) is 5.81. The quantitative estimate of drug-likeness (QED) is 0.837. The molecule has 2 aliphatic carbocycles. The predicted molar refractivity (Wildman–Crippen MR) is 88.9 cm³/mol. The molecule has 1 aromatic carbocycles. The van der Waals surface area contributed by atoms with Gasteiger partial charge in [0, 0.05) is 18.6 Å². The summed E-state index contributed by atoms with van der Waals surface area (Å²) in [6.45, 7) is 1.89. The fraction of sp³-hybridized carbons (Fsp3) is 0.444. The van der Waals surface area contributed by atoms with Gasteiger partial charge in [0.25, 0.3) is 0 Å². The van der Waals surface area contributed by atoms with Crippen LogP contribution < -0.4 is 9.47 Å². The Balaban J connectivity index is 2.26. The minimum Gasteiger partial charge on any atom is -0.500 e. The van der Waals surface area contributed by atoms with Crippen molar-refractivity contribution in [3.8, 4) is 11.5 Å². The summed E-state index contributed by atoms with van der Waals surface area (Å²) in [6.07, 6.45) is 2.09. The van der Waals surface area contributed by atoms with E-state index in [-0.39, 0.29) is 17.5 Å². The number of ketones is 2. The molecule has 0 fully saturated rings. The number of ether oxygens (including phenoxy) is 3. The van der Waals surface area contributed by atoms with Gasteiger partial charge >= 0.3 is 0 Å². The van der Waals surface area contributed by atoms with E-state index < -0.39 is 5.41 Å². The second-order valence-corrected chi connectivity index (χ2v) is 6.59. The molecular weight excluding hydrogens is 332 g/mol. The number of hydrogen-bond donors (Lipinski definition) is 0. The molecule has 0 aromatic heterocycles. The first-order valence-corrected chi connectivity index (χ1v) is 8.05. The third-order valence-corrected chi connectivity index (χ3v) is 5.53. The number of rotatable bonds is 3. The zero-order valence-electron chi connectivity index (χ0n) is 14.1. The number of allylic oxidation sites excluding steroid dienone is 2. The highest BCUT2D eigenvalue weighted by Gasteiger charge is 2.57. The van der Waals surface area contributed by atoms with Gasteiger partial charge < -0.3 is 14.2 Å². The van der Waals surface area contributed by atoms with E-state index in [4.69, 9.17) is 25.8 Å². The Labute approximate surface area is 145 Å². The maximum Gasteiger partial charge on any atom is 0.181 e. The first kappa shape index (κ1) is 16.8. The molecule has 0 saturated heterocycles. The average molecular weight is 351 g/mol. The molecular formula is C18H19ClO5. The molecule has 2 aliphatic rings. The van der Waals surface area contributed by atoms with Crippen molar-refractivity contribution >= 4 is 23.2 Å². The van der Waals surface area contributed by atoms with Crippen molar-refractivity contribution in [2.75, 3.05) is 21.3 Å². The van der Waals surface area contributed by atoms with Crippen LogP contribution in [0.5, 0.6) is 11.5 Å². The molecule has 5 nitrogen and oxygen atoms in total. The molecule has 0 unspecified atom stereocenters. The zero-order chi connectivity index (χ0) is 17.6. The first-order chi connectivity index (χ1) is 11.4. The molecule has 1 spiro atoms. The smallest absolute Gasteiger partial charge is 0.181 e. The van der Waals surface area contributed by atoms with Crippen molar-refractivity contribution < 1.29 is 23.8 Å². The van der Waals surface area contributed by atoms with Crippen molar-refractivity contribution in [3.05, 3.63) is 34.1 Å². The molecule has 0 radical (unpaired) electrons. The van der Waals surface area contributed by atoms with Gasteiger partial charge in [0.1, 0.15) is 17.3 Å². The van der Waals surface area contributed by atoms with E-state index in [0.29, 0.717) is 46.2 Å². The molecule has 0 bridgehead atoms. The van der Waals surface area contributed by atoms with Gasteiger partial charge in [-0.25, -0.2) is 0 Å². The number of hydrogen-bond acceptors (Lipinski definition) is 5. The summed E-state index contributed by atoms with van der Waals surface area (Å²) < 4.78 is 16.1. The van der Waals surface area contributed by atoms with Crippen LogP contribution in [-0.4, -0.2) is 32.9 Å². The number of methoxy groups -OCH3 is 3. The normalized spacial score (nSPS) is 25.5. The molecule has 0 heterocycles. The summed E-state index contributed by atoms with van der Waals surface area (Å²) >= 11 is 6.46. The molecule has 0 amide bonds. The summed E-state index contributed by atoms with van der Waals surface area (Å²) in [6, 6.07) is 1.62. The lowest BCUT2D eigenvalue weighted by atomic mass is 9.66. The summed E-state index contributed by atoms with van der Waals surface area (Å²) in [5.41, 5.74) is 0.211. The fourth-order valence-corrected chi connectivity index (χ4v) is 4.15. The lowest BCUT2D eigenvalue weighted by Crippen LogP contribution is -2.42. The average Bonchev–Trinajstić information content (AvgIpc) is 2.87. The Hall–Kier alpha value is -2.01. The third kappa shape index (κ3) is 2.07. The minimum absolute atomic E-state index is 0.0376.